The molecule has 2 aromatic carbocycles. The molecule has 0 bridgehead atoms. The van der Waals surface area contributed by atoms with Crippen molar-refractivity contribution >= 4 is 17.5 Å². The highest BCUT2D eigenvalue weighted by molar-refractivity contribution is 6.32. The normalized spacial score (nSPS) is 11.1. The van der Waals surface area contributed by atoms with Crippen LogP contribution in [0.2, 0.25) is 5.02 Å². The molecule has 4 nitrogen and oxygen atoms in total. The van der Waals surface area contributed by atoms with E-state index in [2.05, 4.69) is 32.2 Å². The van der Waals surface area contributed by atoms with Crippen LogP contribution < -0.4 is 14.8 Å². The Morgan fingerprint density at radius 1 is 1.12 bits per heavy atom. The lowest BCUT2D eigenvalue weighted by molar-refractivity contribution is 0.0947. The average molecular weight is 362 g/mol. The number of hydrogen-bond acceptors (Lipinski definition) is 3. The second-order valence-corrected chi connectivity index (χ2v) is 7.11. The highest BCUT2D eigenvalue weighted by Crippen LogP contribution is 2.30. The predicted molar refractivity (Wildman–Crippen MR) is 101 cm³/mol. The van der Waals surface area contributed by atoms with Crippen molar-refractivity contribution in [2.45, 2.75) is 26.2 Å². The quantitative estimate of drug-likeness (QED) is 0.773. The lowest BCUT2D eigenvalue weighted by Gasteiger charge is -2.22. The van der Waals surface area contributed by atoms with Crippen LogP contribution in [0.15, 0.2) is 42.5 Å². The number of carbonyl (C=O) groups is 1. The van der Waals surface area contributed by atoms with E-state index in [-0.39, 0.29) is 11.3 Å². The van der Waals surface area contributed by atoms with Crippen LogP contribution in [0.1, 0.15) is 36.7 Å². The van der Waals surface area contributed by atoms with Gasteiger partial charge in [0.15, 0.2) is 0 Å². The fourth-order valence-corrected chi connectivity index (χ4v) is 2.71. The molecule has 0 spiro atoms. The first kappa shape index (κ1) is 19.1. The number of ether oxygens (including phenoxy) is 2. The first-order valence-corrected chi connectivity index (χ1v) is 8.55. The number of halogens is 1. The predicted octanol–water partition coefficient (Wildman–Crippen LogP) is 4.45. The molecule has 0 saturated carbocycles. The number of nitrogens with one attached hydrogen (secondary N) is 1. The minimum Gasteiger partial charge on any atom is -0.495 e. The average Bonchev–Trinajstić information content (AvgIpc) is 2.58. The number of hydrogen-bond donors (Lipinski definition) is 1. The third-order valence-corrected chi connectivity index (χ3v) is 4.05. The van der Waals surface area contributed by atoms with Crippen LogP contribution in [0, 0.1) is 0 Å². The number of carbonyl (C=O) groups excluding carboxylic acids is 1. The molecular weight excluding hydrogens is 338 g/mol. The Kier molecular flexibility index (Phi) is 6.32. The highest BCUT2D eigenvalue weighted by atomic mass is 35.5. The molecular formula is C20H24ClNO3. The van der Waals surface area contributed by atoms with Gasteiger partial charge in [-0.3, -0.25) is 4.79 Å². The lowest BCUT2D eigenvalue weighted by atomic mass is 9.86. The molecule has 0 heterocycles. The second kappa shape index (κ2) is 8.26. The van der Waals surface area contributed by atoms with Crippen molar-refractivity contribution in [2.75, 3.05) is 20.3 Å². The molecule has 5 heteroatoms. The van der Waals surface area contributed by atoms with Gasteiger partial charge in [-0.1, -0.05) is 50.6 Å². The number of methoxy groups -OCH3 is 1. The smallest absolute Gasteiger partial charge is 0.251 e. The molecule has 2 aromatic rings. The summed E-state index contributed by atoms with van der Waals surface area (Å²) in [7, 11) is 1.54. The van der Waals surface area contributed by atoms with Crippen molar-refractivity contribution in [1.82, 2.24) is 5.32 Å². The van der Waals surface area contributed by atoms with Gasteiger partial charge in [-0.25, -0.2) is 0 Å². The molecule has 0 aliphatic heterocycles. The molecule has 25 heavy (non-hydrogen) atoms. The van der Waals surface area contributed by atoms with Gasteiger partial charge in [0.1, 0.15) is 18.1 Å². The fourth-order valence-electron chi connectivity index (χ4n) is 2.45. The van der Waals surface area contributed by atoms with E-state index >= 15 is 0 Å². The summed E-state index contributed by atoms with van der Waals surface area (Å²) in [5.74, 6) is 1.19. The molecule has 0 radical (unpaired) electrons. The van der Waals surface area contributed by atoms with Gasteiger partial charge in [-0.2, -0.15) is 0 Å². The van der Waals surface area contributed by atoms with Crippen LogP contribution in [-0.2, 0) is 5.41 Å². The Bertz CT molecular complexity index is 738. The Morgan fingerprint density at radius 2 is 1.84 bits per heavy atom. The largest absolute Gasteiger partial charge is 0.495 e. The maximum Gasteiger partial charge on any atom is 0.251 e. The lowest BCUT2D eigenvalue weighted by Crippen LogP contribution is -2.28. The zero-order chi connectivity index (χ0) is 18.4. The van der Waals surface area contributed by atoms with E-state index in [4.69, 9.17) is 21.1 Å². The van der Waals surface area contributed by atoms with E-state index < -0.39 is 0 Å². The molecule has 1 amide bonds. The molecule has 2 rings (SSSR count). The molecule has 0 atom stereocenters. The number of para-hydroxylation sites is 1. The van der Waals surface area contributed by atoms with Crippen LogP contribution in [-0.4, -0.2) is 26.2 Å². The minimum absolute atomic E-state index is 0.000312. The van der Waals surface area contributed by atoms with Crippen molar-refractivity contribution < 1.29 is 14.3 Å². The van der Waals surface area contributed by atoms with Gasteiger partial charge < -0.3 is 14.8 Å². The van der Waals surface area contributed by atoms with Gasteiger partial charge in [0.2, 0.25) is 0 Å². The maximum absolute atomic E-state index is 12.2. The first-order valence-electron chi connectivity index (χ1n) is 8.17. The van der Waals surface area contributed by atoms with Crippen LogP contribution in [0.3, 0.4) is 0 Å². The second-order valence-electron chi connectivity index (χ2n) is 6.70. The van der Waals surface area contributed by atoms with E-state index in [1.807, 2.05) is 18.2 Å². The van der Waals surface area contributed by atoms with Crippen LogP contribution in [0.25, 0.3) is 0 Å². The van der Waals surface area contributed by atoms with E-state index in [1.54, 1.807) is 18.2 Å². The van der Waals surface area contributed by atoms with E-state index in [0.717, 1.165) is 11.3 Å². The Morgan fingerprint density at radius 3 is 2.48 bits per heavy atom. The van der Waals surface area contributed by atoms with Crippen molar-refractivity contribution in [3.63, 3.8) is 0 Å². The Hall–Kier alpha value is -2.20. The third-order valence-electron chi connectivity index (χ3n) is 3.75. The van der Waals surface area contributed by atoms with Gasteiger partial charge in [0.05, 0.1) is 18.7 Å². The zero-order valence-electron chi connectivity index (χ0n) is 15.1. The summed E-state index contributed by atoms with van der Waals surface area (Å²) in [6, 6.07) is 12.9. The van der Waals surface area contributed by atoms with Crippen molar-refractivity contribution in [3.05, 3.63) is 58.6 Å². The van der Waals surface area contributed by atoms with Crippen LogP contribution in [0.4, 0.5) is 0 Å². The molecule has 0 aromatic heterocycles. The number of benzene rings is 2. The molecule has 0 aliphatic carbocycles. The van der Waals surface area contributed by atoms with E-state index in [9.17, 15) is 4.79 Å². The molecule has 0 aliphatic rings. The molecule has 134 valence electrons. The summed E-state index contributed by atoms with van der Waals surface area (Å²) < 4.78 is 10.9. The SMILES string of the molecule is COc1ccc(C(=O)NCCOc2ccccc2C(C)(C)C)cc1Cl. The number of rotatable bonds is 6. The zero-order valence-corrected chi connectivity index (χ0v) is 15.8. The summed E-state index contributed by atoms with van der Waals surface area (Å²) in [5.41, 5.74) is 1.63. The topological polar surface area (TPSA) is 47.6 Å². The van der Waals surface area contributed by atoms with Gasteiger partial charge in [0.25, 0.3) is 5.91 Å². The molecule has 1 N–H and O–H groups in total. The third kappa shape index (κ3) is 5.13. The minimum atomic E-state index is -0.197. The van der Waals surface area contributed by atoms with Gasteiger partial charge in [0, 0.05) is 5.56 Å². The molecule has 0 unspecified atom stereocenters. The van der Waals surface area contributed by atoms with Crippen LogP contribution >= 0.6 is 11.6 Å². The van der Waals surface area contributed by atoms with Crippen molar-refractivity contribution in [3.8, 4) is 11.5 Å². The van der Waals surface area contributed by atoms with Crippen LogP contribution in [0.5, 0.6) is 11.5 Å². The monoisotopic (exact) mass is 361 g/mol. The number of amides is 1. The first-order chi connectivity index (χ1) is 11.8. The Labute approximate surface area is 154 Å². The summed E-state index contributed by atoms with van der Waals surface area (Å²) in [5, 5.41) is 3.24. The summed E-state index contributed by atoms with van der Waals surface area (Å²) in [6.45, 7) is 7.23. The Balaban J connectivity index is 1.90. The standard InChI is InChI=1S/C20H24ClNO3/c1-20(2,3)15-7-5-6-8-17(15)25-12-11-22-19(23)14-9-10-18(24-4)16(21)13-14/h5-10,13H,11-12H2,1-4H3,(H,22,23). The van der Waals surface area contributed by atoms with Gasteiger partial charge >= 0.3 is 0 Å². The summed E-state index contributed by atoms with van der Waals surface area (Å²) in [6.07, 6.45) is 0. The summed E-state index contributed by atoms with van der Waals surface area (Å²) >= 11 is 6.05. The highest BCUT2D eigenvalue weighted by Gasteiger charge is 2.18. The fraction of sp³-hybridized carbons (Fsp3) is 0.350. The van der Waals surface area contributed by atoms with E-state index in [1.165, 1.54) is 7.11 Å². The summed E-state index contributed by atoms with van der Waals surface area (Å²) in [4.78, 5) is 12.2. The van der Waals surface area contributed by atoms with Gasteiger partial charge in [-0.15, -0.1) is 0 Å². The van der Waals surface area contributed by atoms with E-state index in [0.29, 0.717) is 29.5 Å². The molecule has 0 saturated heterocycles. The van der Waals surface area contributed by atoms with Crippen molar-refractivity contribution in [2.24, 2.45) is 0 Å². The van der Waals surface area contributed by atoms with Gasteiger partial charge in [-0.05, 0) is 35.2 Å². The van der Waals surface area contributed by atoms with Crippen molar-refractivity contribution in [1.29, 1.82) is 0 Å². The molecule has 0 fully saturated rings. The maximum atomic E-state index is 12.2.